The maximum absolute atomic E-state index is 12.4. The summed E-state index contributed by atoms with van der Waals surface area (Å²) in [7, 11) is 0. The Morgan fingerprint density at radius 1 is 0.280 bits per heavy atom. The van der Waals surface area contributed by atoms with Crippen molar-refractivity contribution < 1.29 is 61.0 Å². The summed E-state index contributed by atoms with van der Waals surface area (Å²) in [5.74, 6) is -1.30. The summed E-state index contributed by atoms with van der Waals surface area (Å²) < 4.78 is 0. The molecular formula is C112H117Cl10N11O12S5. The van der Waals surface area contributed by atoms with Gasteiger partial charge in [0, 0.05) is 141 Å². The summed E-state index contributed by atoms with van der Waals surface area (Å²) in [5, 5.41) is 132. The number of amides is 1. The van der Waals surface area contributed by atoms with E-state index in [0.29, 0.717) is 90.3 Å². The molecule has 0 fully saturated rings. The van der Waals surface area contributed by atoms with Crippen LogP contribution in [0.4, 0.5) is 0 Å². The molecule has 6 aliphatic heterocycles. The van der Waals surface area contributed by atoms with Gasteiger partial charge in [0.2, 0.25) is 5.91 Å². The predicted molar refractivity (Wildman–Crippen MR) is 624 cm³/mol. The Hall–Kier alpha value is -10.7. The third kappa shape index (κ3) is 33.2. The van der Waals surface area contributed by atoms with Gasteiger partial charge < -0.3 is 112 Å². The van der Waals surface area contributed by atoms with Crippen LogP contribution in [0.1, 0.15) is 126 Å². The highest BCUT2D eigenvalue weighted by Crippen LogP contribution is 2.45. The number of halogens is 10. The average molecular weight is 2320 g/mol. The van der Waals surface area contributed by atoms with Crippen LogP contribution in [-0.2, 0) is 114 Å². The minimum Gasteiger partial charge on any atom is -0.505 e. The number of thiocarbonyl (C=S) groups is 5. The molecule has 12 aromatic carbocycles. The number of carbonyl (C=O) groups excluding carboxylic acids is 1. The number of benzene rings is 12. The highest BCUT2D eigenvalue weighted by atomic mass is 35.5. The van der Waals surface area contributed by atoms with Crippen LogP contribution in [0.5, 0.6) is 63.2 Å². The molecule has 18 rings (SSSR count). The Bertz CT molecular complexity index is 6730. The minimum absolute atomic E-state index is 0.0424. The molecule has 0 aliphatic carbocycles. The van der Waals surface area contributed by atoms with Crippen molar-refractivity contribution in [3.05, 3.63) is 351 Å². The lowest BCUT2D eigenvalue weighted by atomic mass is 9.93. The molecule has 150 heavy (non-hydrogen) atoms. The van der Waals surface area contributed by atoms with Gasteiger partial charge in [-0.1, -0.05) is 189 Å². The molecule has 6 heterocycles. The average Bonchev–Trinajstić information content (AvgIpc) is 0.981. The number of aromatic hydroxyl groups is 11. The molecule has 0 spiro atoms. The van der Waals surface area contributed by atoms with E-state index in [2.05, 4.69) is 53.1 Å². The van der Waals surface area contributed by atoms with Crippen LogP contribution in [0, 0.1) is 0 Å². The highest BCUT2D eigenvalue weighted by Gasteiger charge is 2.32. The number of hydrogen-bond donors (Lipinski definition) is 16. The standard InChI is InChI=1S/C19H20Cl2N2O2S.2C19H21ClN2O2S.C19H20ClNO3.C18H17Cl3N2OS.C18H18Cl2N2O2S/c20-14-3-1-12(2-4-14)5-8-22-19(26)23-9-6-13-11-16(24)18(25)17(21)15(13)7-10-23;1-12-16-11-18(24)17(23)10-14(16)7-9-22(12)19(25)21-8-6-13-2-4-15(20)5-3-13;20-16-3-1-13(2-4-16)5-8-21-19(25)22-9-6-14-11-17(23)18(24)12-15(14)7-10-22;20-16-6-4-13(5-7-16)2-1-3-19(24)21-9-8-14-10-17(22)18(23)11-15(14)12-21;19-13-3-1-11(2-4-13)5-7-22-18(25)23-8-6-14-12(10-23)9-15(20)17(24)16(14)21;19-13-3-1-11(2-4-13)5-7-21-18(25)22-8-6-12-9-15(23)17(24)16(20)14(12)10-22/h1-4,11,24-25H,5-10H2,(H,22,26);2-5,10-12,23-24H,6-9H2,1H3,(H,21,25);1-4,11-12,23-24H,5-10H2,(H,21,25);4-7,10-11,22-23H,1-3,8-9,12H2;1-4,9,24H,5-8,10H2,(H,22,25);1-4,9,23-24H,5-8,10H2,(H,21,25). The highest BCUT2D eigenvalue weighted by molar-refractivity contribution is 7.81. The Morgan fingerprint density at radius 2 is 0.553 bits per heavy atom. The van der Waals surface area contributed by atoms with Gasteiger partial charge in [-0.25, -0.2) is 0 Å². The number of fused-ring (bicyclic) bond motifs is 6. The SMILES string of the molecule is CC1c2cc(O)c(O)cc2CCN1C(=S)NCCc1ccc(Cl)cc1.O=C(CCCc1ccc(Cl)cc1)N1CCc2cc(O)c(O)cc2C1.Oc1c(Cl)cc2c(c1Cl)CCN(C(=S)NCCc1ccc(Cl)cc1)C2.Oc1cc2c(c(Cl)c1O)CCN(C(=S)NCCc1ccc(Cl)cc1)CC2.Oc1cc2c(c(Cl)c1O)CN(C(=S)NCCc1ccc(Cl)cc1)CC2.Oc1cc2c(cc1O)CCN(C(=S)NCCc1ccc(Cl)cc1)CC2. The molecule has 1 unspecified atom stereocenters. The van der Waals surface area contributed by atoms with Crippen LogP contribution in [0.25, 0.3) is 0 Å². The van der Waals surface area contributed by atoms with Crippen LogP contribution >= 0.6 is 177 Å². The summed E-state index contributed by atoms with van der Waals surface area (Å²) in [6, 6.07) is 61.4. The third-order valence-corrected chi connectivity index (χ3v) is 31.7. The van der Waals surface area contributed by atoms with Crippen LogP contribution in [0.3, 0.4) is 0 Å². The monoisotopic (exact) mass is 2320 g/mol. The summed E-state index contributed by atoms with van der Waals surface area (Å²) in [6.07, 6.45) is 12.3. The molecule has 1 atom stereocenters. The van der Waals surface area contributed by atoms with E-state index in [-0.39, 0.29) is 90.3 Å². The van der Waals surface area contributed by atoms with Crippen molar-refractivity contribution in [2.24, 2.45) is 0 Å². The fourth-order valence-corrected chi connectivity index (χ4v) is 21.5. The van der Waals surface area contributed by atoms with Gasteiger partial charge in [0.25, 0.3) is 0 Å². The molecule has 0 bridgehead atoms. The van der Waals surface area contributed by atoms with E-state index < -0.39 is 0 Å². The van der Waals surface area contributed by atoms with Gasteiger partial charge in [-0.2, -0.15) is 0 Å². The van der Waals surface area contributed by atoms with Gasteiger partial charge in [0.1, 0.15) is 0 Å². The molecule has 0 radical (unpaired) electrons. The lowest BCUT2D eigenvalue weighted by Crippen LogP contribution is -2.45. The van der Waals surface area contributed by atoms with Crippen molar-refractivity contribution in [1.29, 1.82) is 0 Å². The van der Waals surface area contributed by atoms with Gasteiger partial charge in [-0.15, -0.1) is 0 Å². The maximum atomic E-state index is 12.4. The molecule has 23 nitrogen and oxygen atoms in total. The van der Waals surface area contributed by atoms with Crippen molar-refractivity contribution >= 4 is 209 Å². The van der Waals surface area contributed by atoms with Gasteiger partial charge in [0.05, 0.1) is 26.1 Å². The third-order valence-electron chi connectivity index (χ3n) is 26.7. The molecular weight excluding hydrogens is 2210 g/mol. The van der Waals surface area contributed by atoms with E-state index in [1.54, 1.807) is 54.6 Å². The summed E-state index contributed by atoms with van der Waals surface area (Å²) >= 11 is 87.5. The number of rotatable bonds is 19. The van der Waals surface area contributed by atoms with Crippen molar-refractivity contribution in [2.45, 2.75) is 135 Å². The van der Waals surface area contributed by atoms with Crippen molar-refractivity contribution in [1.82, 2.24) is 56.0 Å². The lowest BCUT2D eigenvalue weighted by Gasteiger charge is -2.37. The molecule has 1 amide bonds. The number of hydrogen-bond acceptors (Lipinski definition) is 17. The number of phenolic OH excluding ortho intramolecular Hbond substituents is 11. The van der Waals surface area contributed by atoms with Crippen LogP contribution in [0.2, 0.25) is 50.2 Å². The van der Waals surface area contributed by atoms with Gasteiger partial charge in [0.15, 0.2) is 88.8 Å². The molecule has 6 aliphatic rings. The number of carbonyl (C=O) groups is 1. The van der Waals surface area contributed by atoms with E-state index >= 15 is 0 Å². The quantitative estimate of drug-likeness (QED) is 0.0264. The number of nitrogens with one attached hydrogen (secondary N) is 5. The lowest BCUT2D eigenvalue weighted by molar-refractivity contribution is -0.132. The first-order valence-electron chi connectivity index (χ1n) is 49.0. The number of phenols is 11. The zero-order valence-electron chi connectivity index (χ0n) is 82.1. The summed E-state index contributed by atoms with van der Waals surface area (Å²) in [4.78, 5) is 24.7. The Morgan fingerprint density at radius 3 is 0.960 bits per heavy atom. The van der Waals surface area contributed by atoms with E-state index in [0.717, 1.165) is 245 Å². The van der Waals surface area contributed by atoms with Crippen LogP contribution < -0.4 is 26.6 Å². The second-order valence-electron chi connectivity index (χ2n) is 36.8. The maximum Gasteiger partial charge on any atom is 0.222 e. The topological polar surface area (TPSA) is 319 Å². The molecule has 0 saturated heterocycles. The van der Waals surface area contributed by atoms with Crippen molar-refractivity contribution in [2.75, 3.05) is 85.1 Å². The van der Waals surface area contributed by atoms with Crippen molar-refractivity contribution in [3.8, 4) is 63.2 Å². The fourth-order valence-electron chi connectivity index (χ4n) is 18.1. The van der Waals surface area contributed by atoms with Crippen molar-refractivity contribution in [3.63, 3.8) is 0 Å². The Kier molecular flexibility index (Phi) is 43.6. The predicted octanol–water partition coefficient (Wildman–Crippen LogP) is 23.3. The first kappa shape index (κ1) is 116. The summed E-state index contributed by atoms with van der Waals surface area (Å²) in [5.41, 5.74) is 18.8. The van der Waals surface area contributed by atoms with Gasteiger partial charge in [-0.05, 0) is 392 Å². The largest absolute Gasteiger partial charge is 0.505 e. The smallest absolute Gasteiger partial charge is 0.222 e. The Labute approximate surface area is 951 Å². The zero-order chi connectivity index (χ0) is 108. The molecule has 0 aromatic heterocycles. The van der Waals surface area contributed by atoms with E-state index in [4.69, 9.17) is 177 Å². The normalized spacial score (nSPS) is 14.1. The molecule has 0 saturated carbocycles. The van der Waals surface area contributed by atoms with Gasteiger partial charge >= 0.3 is 0 Å². The second-order valence-corrected chi connectivity index (χ2v) is 42.9. The molecule has 38 heteroatoms. The molecule has 12 aromatic rings. The summed E-state index contributed by atoms with van der Waals surface area (Å²) in [6.45, 7) is 13.4. The fraction of sp³-hybridized carbons (Fsp3) is 0.304. The minimum atomic E-state index is -0.274. The second kappa shape index (κ2) is 56.2. The van der Waals surface area contributed by atoms with Crippen LogP contribution in [-0.4, -0.2) is 202 Å². The number of nitrogens with zero attached hydrogens (tertiary/aromatic N) is 6. The Balaban J connectivity index is 0.000000150. The number of aryl methyl sites for hydroxylation is 1. The van der Waals surface area contributed by atoms with E-state index in [1.165, 1.54) is 33.4 Å². The van der Waals surface area contributed by atoms with Gasteiger partial charge in [-0.3, -0.25) is 4.79 Å². The van der Waals surface area contributed by atoms with E-state index in [9.17, 15) is 61.0 Å². The zero-order valence-corrected chi connectivity index (χ0v) is 93.7. The molecule has 792 valence electrons. The van der Waals surface area contributed by atoms with Crippen LogP contribution in [0.15, 0.2) is 200 Å². The van der Waals surface area contributed by atoms with E-state index in [1.807, 2.05) is 155 Å². The first-order valence-corrected chi connectivity index (χ1v) is 54.8. The first-order chi connectivity index (χ1) is 71.9. The molecule has 16 N–H and O–H groups in total.